The van der Waals surface area contributed by atoms with Gasteiger partial charge in [0.25, 0.3) is 0 Å². The van der Waals surface area contributed by atoms with Crippen molar-refractivity contribution < 1.29 is 16.8 Å². The van der Waals surface area contributed by atoms with Crippen LogP contribution in [-0.4, -0.2) is 44.7 Å². The van der Waals surface area contributed by atoms with Gasteiger partial charge >= 0.3 is 0 Å². The molecule has 0 N–H and O–H groups in total. The molecule has 1 atom stereocenters. The van der Waals surface area contributed by atoms with Gasteiger partial charge in [0.15, 0.2) is 9.84 Å². The summed E-state index contributed by atoms with van der Waals surface area (Å²) in [5.74, 6) is -0.189. The van der Waals surface area contributed by atoms with E-state index in [4.69, 9.17) is 0 Å². The predicted octanol–water partition coefficient (Wildman–Crippen LogP) is 2.97. The number of rotatable bonds is 5. The number of nitrogens with zero attached hydrogens (tertiary/aromatic N) is 1. The molecular weight excluding hydrogens is 470 g/mol. The molecule has 1 saturated heterocycles. The fraction of sp³-hybridized carbons (Fsp3) is 0.429. The van der Waals surface area contributed by atoms with Crippen molar-refractivity contribution in [2.75, 3.05) is 18.1 Å². The summed E-state index contributed by atoms with van der Waals surface area (Å²) in [5.41, 5.74) is -0.979. The van der Waals surface area contributed by atoms with E-state index < -0.39 is 25.4 Å². The number of sulfonamides is 1. The fourth-order valence-corrected chi connectivity index (χ4v) is 8.17. The molecule has 2 rings (SSSR count). The van der Waals surface area contributed by atoms with Crippen molar-refractivity contribution in [3.63, 3.8) is 0 Å². The van der Waals surface area contributed by atoms with Gasteiger partial charge in [-0.3, -0.25) is 0 Å². The molecule has 0 unspecified atom stereocenters. The lowest BCUT2D eigenvalue weighted by Gasteiger charge is -2.36. The van der Waals surface area contributed by atoms with Crippen LogP contribution in [0.4, 0.5) is 0 Å². The van der Waals surface area contributed by atoms with Gasteiger partial charge in [-0.2, -0.15) is 4.31 Å². The largest absolute Gasteiger partial charge is 0.245 e. The lowest BCUT2D eigenvalue weighted by Crippen LogP contribution is -2.50. The molecule has 1 aliphatic rings. The van der Waals surface area contributed by atoms with Crippen LogP contribution >= 0.6 is 31.9 Å². The van der Waals surface area contributed by atoms with E-state index in [1.807, 2.05) is 0 Å². The van der Waals surface area contributed by atoms with Crippen LogP contribution in [0.3, 0.4) is 0 Å². The summed E-state index contributed by atoms with van der Waals surface area (Å²) in [6.07, 6.45) is 1.74. The second-order valence-electron chi connectivity index (χ2n) is 5.74. The lowest BCUT2D eigenvalue weighted by molar-refractivity contribution is 0.252. The van der Waals surface area contributed by atoms with Gasteiger partial charge in [0, 0.05) is 21.0 Å². The van der Waals surface area contributed by atoms with E-state index in [9.17, 15) is 16.8 Å². The van der Waals surface area contributed by atoms with E-state index in [0.717, 1.165) is 0 Å². The highest BCUT2D eigenvalue weighted by Gasteiger charge is 2.47. The first-order chi connectivity index (χ1) is 10.5. The maximum absolute atomic E-state index is 13.1. The first kappa shape index (κ1) is 19.1. The summed E-state index contributed by atoms with van der Waals surface area (Å²) in [6.45, 7) is 5.33. The molecule has 0 spiro atoms. The summed E-state index contributed by atoms with van der Waals surface area (Å²) in [6, 6.07) is 4.86. The summed E-state index contributed by atoms with van der Waals surface area (Å²) < 4.78 is 52.3. The molecule has 0 amide bonds. The van der Waals surface area contributed by atoms with Crippen molar-refractivity contribution in [1.82, 2.24) is 4.31 Å². The van der Waals surface area contributed by atoms with Crippen molar-refractivity contribution in [3.8, 4) is 0 Å². The summed E-state index contributed by atoms with van der Waals surface area (Å²) in [5, 5.41) is 0. The molecular formula is C14H17Br2NO4S2. The second kappa shape index (κ2) is 6.59. The molecule has 0 aromatic heterocycles. The highest BCUT2D eigenvalue weighted by Crippen LogP contribution is 2.36. The third kappa shape index (κ3) is 3.89. The topological polar surface area (TPSA) is 71.5 Å². The van der Waals surface area contributed by atoms with Crippen LogP contribution < -0.4 is 0 Å². The van der Waals surface area contributed by atoms with E-state index in [1.165, 1.54) is 16.4 Å². The molecule has 23 heavy (non-hydrogen) atoms. The van der Waals surface area contributed by atoms with Crippen LogP contribution in [0.15, 0.2) is 44.7 Å². The number of halogens is 2. The Morgan fingerprint density at radius 1 is 1.39 bits per heavy atom. The maximum atomic E-state index is 13.1. The van der Waals surface area contributed by atoms with Crippen molar-refractivity contribution in [2.24, 2.45) is 0 Å². The summed E-state index contributed by atoms with van der Waals surface area (Å²) in [4.78, 5) is 0.0965. The minimum absolute atomic E-state index is 0.00762. The normalized spacial score (nSPS) is 24.0. The Kier molecular flexibility index (Phi) is 5.47. The average molecular weight is 487 g/mol. The number of hydrogen-bond donors (Lipinski definition) is 0. The molecule has 0 aliphatic carbocycles. The van der Waals surface area contributed by atoms with Crippen molar-refractivity contribution >= 4 is 51.7 Å². The molecule has 1 aliphatic heterocycles. The molecule has 1 fully saturated rings. The van der Waals surface area contributed by atoms with Gasteiger partial charge in [0.05, 0.1) is 16.4 Å². The lowest BCUT2D eigenvalue weighted by atomic mass is 10.0. The van der Waals surface area contributed by atoms with Gasteiger partial charge in [-0.05, 0) is 47.5 Å². The molecule has 0 radical (unpaired) electrons. The van der Waals surface area contributed by atoms with E-state index in [2.05, 4.69) is 38.4 Å². The van der Waals surface area contributed by atoms with Crippen molar-refractivity contribution in [3.05, 3.63) is 39.8 Å². The molecule has 1 heterocycles. The van der Waals surface area contributed by atoms with Gasteiger partial charge in [-0.15, -0.1) is 6.58 Å². The Morgan fingerprint density at radius 3 is 2.57 bits per heavy atom. The molecule has 128 valence electrons. The van der Waals surface area contributed by atoms with Crippen molar-refractivity contribution in [2.45, 2.75) is 23.8 Å². The van der Waals surface area contributed by atoms with Gasteiger partial charge in [-0.1, -0.05) is 22.0 Å². The maximum Gasteiger partial charge on any atom is 0.245 e. The van der Waals surface area contributed by atoms with Crippen LogP contribution in [0.2, 0.25) is 0 Å². The van der Waals surface area contributed by atoms with E-state index in [-0.39, 0.29) is 29.4 Å². The first-order valence-corrected chi connectivity index (χ1v) is 11.7. The molecule has 0 bridgehead atoms. The second-order valence-corrected chi connectivity index (χ2v) is 11.5. The van der Waals surface area contributed by atoms with Crippen LogP contribution in [0.5, 0.6) is 0 Å². The van der Waals surface area contributed by atoms with Crippen molar-refractivity contribution in [1.29, 1.82) is 0 Å². The van der Waals surface area contributed by atoms with E-state index >= 15 is 0 Å². The smallest absolute Gasteiger partial charge is 0.229 e. The highest BCUT2D eigenvalue weighted by atomic mass is 79.9. The minimum Gasteiger partial charge on any atom is -0.229 e. The average Bonchev–Trinajstić information content (AvgIpc) is 2.73. The molecule has 0 saturated carbocycles. The Bertz CT molecular complexity index is 836. The fourth-order valence-electron chi connectivity index (χ4n) is 2.71. The highest BCUT2D eigenvalue weighted by molar-refractivity contribution is 9.11. The molecule has 5 nitrogen and oxygen atoms in total. The van der Waals surface area contributed by atoms with E-state index in [0.29, 0.717) is 8.95 Å². The quantitative estimate of drug-likeness (QED) is 0.600. The summed E-state index contributed by atoms with van der Waals surface area (Å²) in [7, 11) is -7.13. The molecule has 9 heteroatoms. The molecule has 1 aromatic rings. The van der Waals surface area contributed by atoms with Crippen LogP contribution in [0.25, 0.3) is 0 Å². The number of sulfone groups is 1. The third-order valence-electron chi connectivity index (χ3n) is 3.84. The van der Waals surface area contributed by atoms with Gasteiger partial charge in [0.2, 0.25) is 10.0 Å². The summed E-state index contributed by atoms with van der Waals surface area (Å²) >= 11 is 6.54. The zero-order valence-electron chi connectivity index (χ0n) is 12.5. The Labute approximate surface area is 154 Å². The SMILES string of the molecule is C=CCN([C@]1(C)CCS(=O)(=O)C1)S(=O)(=O)c1cc(Br)ccc1Br. The Balaban J connectivity index is 2.57. The zero-order valence-corrected chi connectivity index (χ0v) is 17.3. The van der Waals surface area contributed by atoms with Crippen LogP contribution in [0, 0.1) is 0 Å². The predicted molar refractivity (Wildman–Crippen MR) is 97.6 cm³/mol. The Hall–Kier alpha value is -0.220. The van der Waals surface area contributed by atoms with Gasteiger partial charge in [0.1, 0.15) is 0 Å². The molecule has 1 aromatic carbocycles. The van der Waals surface area contributed by atoms with Gasteiger partial charge in [-0.25, -0.2) is 16.8 Å². The zero-order chi connectivity index (χ0) is 17.5. The standard InChI is InChI=1S/C14H17Br2NO4S2/c1-3-7-17(14(2)6-8-22(18,19)10-14)23(20,21)13-9-11(15)4-5-12(13)16/h3-5,9H,1,6-8,10H2,2H3/t14-/m1/s1. The van der Waals surface area contributed by atoms with Crippen LogP contribution in [-0.2, 0) is 19.9 Å². The third-order valence-corrected chi connectivity index (χ3v) is 9.24. The van der Waals surface area contributed by atoms with Gasteiger partial charge < -0.3 is 0 Å². The Morgan fingerprint density at radius 2 is 2.04 bits per heavy atom. The minimum atomic E-state index is -3.89. The van der Waals surface area contributed by atoms with Crippen LogP contribution in [0.1, 0.15) is 13.3 Å². The number of benzene rings is 1. The van der Waals surface area contributed by atoms with E-state index in [1.54, 1.807) is 19.1 Å². The first-order valence-electron chi connectivity index (χ1n) is 6.81. The monoisotopic (exact) mass is 485 g/mol. The number of hydrogen-bond acceptors (Lipinski definition) is 4.